The Balaban J connectivity index is 1.43. The second-order valence-electron chi connectivity index (χ2n) is 17.1. The molecule has 13 atom stereocenters. The van der Waals surface area contributed by atoms with E-state index in [9.17, 15) is 24.3 Å². The number of aryl methyl sites for hydroxylation is 1. The van der Waals surface area contributed by atoms with Gasteiger partial charge in [-0.15, -0.1) is 0 Å². The summed E-state index contributed by atoms with van der Waals surface area (Å²) in [6.07, 6.45) is 3.42. The molecule has 3 aliphatic heterocycles. The number of nitrogens with zero attached hydrogens (tertiary/aromatic N) is 5. The molecular weight excluding hydrogens is 751 g/mol. The first-order valence-electron chi connectivity index (χ1n) is 20.5. The number of aliphatic hydroxyl groups excluding tert-OH is 1. The number of halogens is 1. The van der Waals surface area contributed by atoms with Crippen LogP contribution in [0.25, 0.3) is 11.3 Å². The summed E-state index contributed by atoms with van der Waals surface area (Å²) >= 11 is 0. The molecule has 3 aliphatic rings. The first kappa shape index (κ1) is 45.4. The number of Topliss-reactive ketones (excluding diaryl/α,β-unsaturated/α-hetero) is 2. The van der Waals surface area contributed by atoms with Crippen LogP contribution in [0.4, 0.5) is 4.39 Å². The van der Waals surface area contributed by atoms with Crippen molar-refractivity contribution in [3.8, 4) is 11.3 Å². The molecule has 0 spiro atoms. The minimum atomic E-state index is -3.12. The molecule has 0 aromatic carbocycles. The summed E-state index contributed by atoms with van der Waals surface area (Å²) in [4.78, 5) is 66.9. The highest BCUT2D eigenvalue weighted by Gasteiger charge is 2.56. The van der Waals surface area contributed by atoms with Gasteiger partial charge in [-0.05, 0) is 72.7 Å². The highest BCUT2D eigenvalue weighted by atomic mass is 19.1. The zero-order valence-electron chi connectivity index (χ0n) is 35.6. The summed E-state index contributed by atoms with van der Waals surface area (Å²) in [5, 5.41) is 12.9. The number of ketones is 2. The number of pyridine rings is 1. The van der Waals surface area contributed by atoms with Crippen LogP contribution in [0, 0.1) is 23.7 Å². The molecular formula is C42H63FN6O9. The Labute approximate surface area is 341 Å². The number of amides is 1. The number of imidazole rings is 1. The number of carbonyl (C=O) groups excluding carboxylic acids is 4. The largest absolute Gasteiger partial charge is 0.459 e. The van der Waals surface area contributed by atoms with E-state index in [2.05, 4.69) is 15.4 Å². The minimum Gasteiger partial charge on any atom is -0.459 e. The molecule has 15 nitrogen and oxygen atoms in total. The normalized spacial score (nSPS) is 36.8. The van der Waals surface area contributed by atoms with Gasteiger partial charge in [-0.3, -0.25) is 24.4 Å². The molecule has 2 N–H and O–H groups in total. The van der Waals surface area contributed by atoms with Crippen molar-refractivity contribution >= 4 is 23.4 Å². The van der Waals surface area contributed by atoms with Gasteiger partial charge in [0.15, 0.2) is 12.1 Å². The quantitative estimate of drug-likeness (QED) is 0.191. The average molecular weight is 815 g/mol. The fraction of sp³-hybridized carbons (Fsp3) is 0.714. The molecule has 0 radical (unpaired) electrons. The maximum absolute atomic E-state index is 16.8. The predicted octanol–water partition coefficient (Wildman–Crippen LogP) is 3.77. The molecule has 3 saturated heterocycles. The van der Waals surface area contributed by atoms with Gasteiger partial charge in [0.25, 0.3) is 5.67 Å². The average Bonchev–Trinajstić information content (AvgIpc) is 3.81. The number of methoxy groups -OCH3 is 1. The van der Waals surface area contributed by atoms with Crippen molar-refractivity contribution in [2.45, 2.75) is 141 Å². The lowest BCUT2D eigenvalue weighted by molar-refractivity contribution is -0.295. The van der Waals surface area contributed by atoms with Crippen molar-refractivity contribution in [3.05, 3.63) is 37.1 Å². The number of esters is 1. The molecule has 2 unspecified atom stereocenters. The number of likely N-dealkylation sites (N-methyl/N-ethyl adjacent to an activating group) is 1. The van der Waals surface area contributed by atoms with Crippen LogP contribution in [-0.4, -0.2) is 135 Å². The van der Waals surface area contributed by atoms with E-state index in [1.165, 1.54) is 19.0 Å². The molecule has 2 aromatic heterocycles. The molecule has 1 amide bonds. The van der Waals surface area contributed by atoms with Gasteiger partial charge >= 0.3 is 5.97 Å². The van der Waals surface area contributed by atoms with Crippen LogP contribution < -0.4 is 5.43 Å². The van der Waals surface area contributed by atoms with Gasteiger partial charge in [-0.2, -0.15) is 0 Å². The number of aliphatic hydroxyl groups is 1. The zero-order valence-corrected chi connectivity index (χ0v) is 35.6. The lowest BCUT2D eigenvalue weighted by Crippen LogP contribution is -2.60. The summed E-state index contributed by atoms with van der Waals surface area (Å²) in [5.41, 5.74) is 0.394. The Hall–Kier alpha value is -3.67. The fourth-order valence-electron chi connectivity index (χ4n) is 9.14. The standard InChI is InChI=1S/C42H63FN6O9/c1-11-32-29-19-33(50)49(46-16-13-17-48-22-30(45-23-48)28-14-12-15-44-21-28)34(29)26(4)35(51)24(2)20-41(6,55-10)38(27(5)37(53)42(7,43)40(54)57-32)58-39-36(52)31(47(8)9)18-25(3)56-39/h12,14-15,21-27,29,31-32,34,36,38-39,46,52H,11,13,16-20H2,1-10H3/t24-,25-,26-,27+,29?,31+,32-,34-,36-,38-,39?,41+,42+/m1/s1. The number of cyclic esters (lactones) is 1. The second-order valence-corrected chi connectivity index (χ2v) is 17.1. The summed E-state index contributed by atoms with van der Waals surface area (Å²) in [6, 6.07) is 2.67. The summed E-state index contributed by atoms with van der Waals surface area (Å²) in [6.45, 7) is 12.1. The molecule has 0 saturated carbocycles. The van der Waals surface area contributed by atoms with Crippen molar-refractivity contribution in [2.24, 2.45) is 23.7 Å². The molecule has 0 bridgehead atoms. The van der Waals surface area contributed by atoms with Crippen LogP contribution in [0.3, 0.4) is 0 Å². The molecule has 3 fully saturated rings. The third-order valence-electron chi connectivity index (χ3n) is 12.5. The van der Waals surface area contributed by atoms with Crippen LogP contribution in [-0.2, 0) is 44.7 Å². The van der Waals surface area contributed by atoms with Crippen LogP contribution in [0.5, 0.6) is 0 Å². The second kappa shape index (κ2) is 18.7. The van der Waals surface area contributed by atoms with Crippen molar-refractivity contribution in [1.82, 2.24) is 29.9 Å². The van der Waals surface area contributed by atoms with Crippen LogP contribution >= 0.6 is 0 Å². The van der Waals surface area contributed by atoms with Crippen molar-refractivity contribution in [3.63, 3.8) is 0 Å². The van der Waals surface area contributed by atoms with Gasteiger partial charge in [0, 0.05) is 80.5 Å². The lowest BCUT2D eigenvalue weighted by atomic mass is 9.74. The molecule has 5 rings (SSSR count). The number of hydrogen-bond donors (Lipinski definition) is 2. The number of rotatable bonds is 11. The van der Waals surface area contributed by atoms with Crippen LogP contribution in [0.15, 0.2) is 37.1 Å². The molecule has 2 aromatic rings. The first-order valence-corrected chi connectivity index (χ1v) is 20.5. The lowest BCUT2D eigenvalue weighted by Gasteiger charge is -2.47. The SMILES string of the molecule is CC[C@H]1OC(=O)[C@@](C)(F)C(=O)[C@H](C)[C@@H](OC2O[C@H](C)C[C@H](N(C)C)[C@H]2O)[C@@](C)(OC)C[C@@H](C)C(=O)[C@H](C)[C@@H]2C1CC(=O)N2NCCCn1cnc(-c2cccnc2)c1. The number of ether oxygens (including phenoxy) is 4. The zero-order chi connectivity index (χ0) is 42.7. The molecule has 322 valence electrons. The highest BCUT2D eigenvalue weighted by molar-refractivity contribution is 6.07. The summed E-state index contributed by atoms with van der Waals surface area (Å²) < 4.78 is 43.2. The summed E-state index contributed by atoms with van der Waals surface area (Å²) in [7, 11) is 5.07. The molecule has 58 heavy (non-hydrogen) atoms. The molecule has 16 heteroatoms. The minimum absolute atomic E-state index is 0.0276. The van der Waals surface area contributed by atoms with E-state index < -0.39 is 77.3 Å². The van der Waals surface area contributed by atoms with E-state index in [4.69, 9.17) is 18.9 Å². The van der Waals surface area contributed by atoms with Crippen molar-refractivity contribution < 1.29 is 47.6 Å². The van der Waals surface area contributed by atoms with Crippen molar-refractivity contribution in [1.29, 1.82) is 0 Å². The van der Waals surface area contributed by atoms with Gasteiger partial charge in [-0.25, -0.2) is 19.6 Å². The van der Waals surface area contributed by atoms with E-state index in [0.717, 1.165) is 18.2 Å². The fourth-order valence-corrected chi connectivity index (χ4v) is 9.14. The Bertz CT molecular complexity index is 1740. The van der Waals surface area contributed by atoms with Gasteiger partial charge in [0.2, 0.25) is 5.91 Å². The Morgan fingerprint density at radius 3 is 2.48 bits per heavy atom. The Morgan fingerprint density at radius 1 is 1.12 bits per heavy atom. The molecule has 0 aliphatic carbocycles. The number of alkyl halides is 1. The Kier molecular flexibility index (Phi) is 14.7. The topological polar surface area (TPSA) is 175 Å². The number of hydrogen-bond acceptors (Lipinski definition) is 13. The van der Waals surface area contributed by atoms with E-state index in [1.54, 1.807) is 46.4 Å². The Morgan fingerprint density at radius 2 is 1.84 bits per heavy atom. The van der Waals surface area contributed by atoms with Gasteiger partial charge < -0.3 is 33.5 Å². The molecule has 5 heterocycles. The third-order valence-corrected chi connectivity index (χ3v) is 12.5. The number of hydrazine groups is 1. The third kappa shape index (κ3) is 9.52. The van der Waals surface area contributed by atoms with Crippen LogP contribution in [0.2, 0.25) is 0 Å². The monoisotopic (exact) mass is 814 g/mol. The van der Waals surface area contributed by atoms with Crippen molar-refractivity contribution in [2.75, 3.05) is 27.7 Å². The number of carbonyl (C=O) groups is 4. The highest BCUT2D eigenvalue weighted by Crippen LogP contribution is 2.41. The summed E-state index contributed by atoms with van der Waals surface area (Å²) in [5.74, 6) is -6.43. The van der Waals surface area contributed by atoms with Gasteiger partial charge in [0.05, 0.1) is 35.9 Å². The number of nitrogens with one attached hydrogen (secondary N) is 1. The van der Waals surface area contributed by atoms with E-state index in [1.807, 2.05) is 48.8 Å². The van der Waals surface area contributed by atoms with Crippen LogP contribution in [0.1, 0.15) is 80.6 Å². The van der Waals surface area contributed by atoms with Gasteiger partial charge in [0.1, 0.15) is 18.0 Å². The first-order chi connectivity index (χ1) is 27.3. The maximum atomic E-state index is 16.8. The number of fused-ring (bicyclic) bond motifs is 1. The van der Waals surface area contributed by atoms with E-state index >= 15 is 4.39 Å². The number of aromatic nitrogens is 3. The van der Waals surface area contributed by atoms with E-state index in [-0.39, 0.29) is 43.1 Å². The van der Waals surface area contributed by atoms with E-state index in [0.29, 0.717) is 25.9 Å². The predicted molar refractivity (Wildman–Crippen MR) is 211 cm³/mol. The smallest absolute Gasteiger partial charge is 0.351 e. The van der Waals surface area contributed by atoms with Gasteiger partial charge in [-0.1, -0.05) is 27.7 Å². The maximum Gasteiger partial charge on any atom is 0.351 e.